The second-order valence-electron chi connectivity index (χ2n) is 2.75. The van der Waals surface area contributed by atoms with Crippen molar-refractivity contribution in [2.75, 3.05) is 7.05 Å². The van der Waals surface area contributed by atoms with E-state index in [0.29, 0.717) is 11.4 Å². The fraction of sp³-hybridized carbons (Fsp3) is 0.714. The van der Waals surface area contributed by atoms with Gasteiger partial charge in [-0.1, -0.05) is 19.1 Å². The van der Waals surface area contributed by atoms with Gasteiger partial charge in [-0.05, 0) is 13.3 Å². The molecule has 0 aliphatic heterocycles. The van der Waals surface area contributed by atoms with E-state index in [1.165, 1.54) is 0 Å². The zero-order valence-corrected chi connectivity index (χ0v) is 8.42. The lowest BCUT2D eigenvalue weighted by atomic mass is 9.99. The molecule has 70 valence electrons. The number of hydrogen-bond acceptors (Lipinski definition) is 2. The molecule has 12 heavy (non-hydrogen) atoms. The summed E-state index contributed by atoms with van der Waals surface area (Å²) in [7, 11) is 1.55. The van der Waals surface area contributed by atoms with Gasteiger partial charge in [-0.2, -0.15) is 0 Å². The minimum absolute atomic E-state index is 0.271. The molecule has 0 aliphatic carbocycles. The predicted octanol–water partition coefficient (Wildman–Crippen LogP) is 0.370. The van der Waals surface area contributed by atoms with Crippen LogP contribution in [0.1, 0.15) is 20.3 Å². The minimum Gasteiger partial charge on any atom is -0.391 e. The molecule has 0 aromatic heterocycles. The summed E-state index contributed by atoms with van der Waals surface area (Å²) < 4.78 is 0. The minimum atomic E-state index is -0.588. The SMILES string of the molecule is CCC(C)(NC(=O)NC)C(N)=S. The first-order valence-electron chi connectivity index (χ1n) is 3.76. The number of carbonyl (C=O) groups excluding carboxylic acids is 1. The molecule has 4 N–H and O–H groups in total. The quantitative estimate of drug-likeness (QED) is 0.562. The second-order valence-corrected chi connectivity index (χ2v) is 3.19. The van der Waals surface area contributed by atoms with Gasteiger partial charge in [-0.3, -0.25) is 0 Å². The van der Waals surface area contributed by atoms with Crippen LogP contribution in [0, 0.1) is 0 Å². The first-order valence-corrected chi connectivity index (χ1v) is 4.17. The summed E-state index contributed by atoms with van der Waals surface area (Å²) in [4.78, 5) is 11.3. The number of amides is 2. The highest BCUT2D eigenvalue weighted by Gasteiger charge is 2.26. The van der Waals surface area contributed by atoms with Gasteiger partial charge >= 0.3 is 6.03 Å². The van der Waals surface area contributed by atoms with Gasteiger partial charge in [0.25, 0.3) is 0 Å². The molecule has 0 aromatic rings. The zero-order chi connectivity index (χ0) is 9.78. The molecule has 2 amide bonds. The van der Waals surface area contributed by atoms with Gasteiger partial charge in [0.2, 0.25) is 0 Å². The van der Waals surface area contributed by atoms with Crippen molar-refractivity contribution < 1.29 is 4.79 Å². The standard InChI is InChI=1S/C7H15N3OS/c1-4-7(2,5(8)12)10-6(11)9-3/h4H2,1-3H3,(H2,8,12)(H2,9,10,11). The third kappa shape index (κ3) is 2.65. The molecular formula is C7H15N3OS. The van der Waals surface area contributed by atoms with Crippen molar-refractivity contribution in [1.82, 2.24) is 10.6 Å². The van der Waals surface area contributed by atoms with Gasteiger partial charge in [0.1, 0.15) is 0 Å². The molecular weight excluding hydrogens is 174 g/mol. The molecule has 4 nitrogen and oxygen atoms in total. The predicted molar refractivity (Wildman–Crippen MR) is 53.1 cm³/mol. The van der Waals surface area contributed by atoms with E-state index in [-0.39, 0.29) is 6.03 Å². The van der Waals surface area contributed by atoms with Crippen molar-refractivity contribution in [3.8, 4) is 0 Å². The molecule has 5 heteroatoms. The monoisotopic (exact) mass is 189 g/mol. The summed E-state index contributed by atoms with van der Waals surface area (Å²) in [6.07, 6.45) is 0.676. The van der Waals surface area contributed by atoms with Crippen LogP contribution in [0.5, 0.6) is 0 Å². The van der Waals surface area contributed by atoms with Crippen LogP contribution in [0.3, 0.4) is 0 Å². The van der Waals surface area contributed by atoms with E-state index in [9.17, 15) is 4.79 Å². The van der Waals surface area contributed by atoms with E-state index in [2.05, 4.69) is 10.6 Å². The van der Waals surface area contributed by atoms with Gasteiger partial charge in [0, 0.05) is 7.05 Å². The van der Waals surface area contributed by atoms with Gasteiger partial charge < -0.3 is 16.4 Å². The molecule has 1 atom stereocenters. The average Bonchev–Trinajstić information content (AvgIpc) is 2.03. The van der Waals surface area contributed by atoms with Crippen LogP contribution in [0.4, 0.5) is 4.79 Å². The summed E-state index contributed by atoms with van der Waals surface area (Å²) >= 11 is 4.83. The van der Waals surface area contributed by atoms with Gasteiger partial charge in [0.15, 0.2) is 0 Å². The van der Waals surface area contributed by atoms with Gasteiger partial charge in [-0.25, -0.2) is 4.79 Å². The van der Waals surface area contributed by atoms with E-state index in [4.69, 9.17) is 18.0 Å². The largest absolute Gasteiger partial charge is 0.391 e. The highest BCUT2D eigenvalue weighted by Crippen LogP contribution is 2.08. The van der Waals surface area contributed by atoms with Crippen molar-refractivity contribution in [2.24, 2.45) is 5.73 Å². The Kier molecular flexibility index (Phi) is 3.95. The maximum atomic E-state index is 11.0. The lowest BCUT2D eigenvalue weighted by Crippen LogP contribution is -2.56. The molecule has 0 saturated carbocycles. The number of nitrogens with two attached hydrogens (primary N) is 1. The maximum absolute atomic E-state index is 11.0. The lowest BCUT2D eigenvalue weighted by Gasteiger charge is -2.27. The molecule has 1 unspecified atom stereocenters. The van der Waals surface area contributed by atoms with E-state index in [1.807, 2.05) is 6.92 Å². The van der Waals surface area contributed by atoms with Gasteiger partial charge in [0.05, 0.1) is 10.5 Å². The van der Waals surface area contributed by atoms with Crippen LogP contribution in [0.15, 0.2) is 0 Å². The summed E-state index contributed by atoms with van der Waals surface area (Å²) in [5, 5.41) is 5.12. The van der Waals surface area contributed by atoms with Gasteiger partial charge in [-0.15, -0.1) is 0 Å². The van der Waals surface area contributed by atoms with E-state index in [1.54, 1.807) is 14.0 Å². The Bertz CT molecular complexity index is 195. The molecule has 0 radical (unpaired) electrons. The number of rotatable bonds is 3. The number of nitrogens with one attached hydrogen (secondary N) is 2. The van der Waals surface area contributed by atoms with Crippen LogP contribution < -0.4 is 16.4 Å². The van der Waals surface area contributed by atoms with E-state index in [0.717, 1.165) is 0 Å². The fourth-order valence-corrected chi connectivity index (χ4v) is 0.833. The molecule has 0 heterocycles. The Hall–Kier alpha value is -0.840. The number of carbonyl (C=O) groups is 1. The zero-order valence-electron chi connectivity index (χ0n) is 7.60. The van der Waals surface area contributed by atoms with Crippen molar-refractivity contribution >= 4 is 23.2 Å². The summed E-state index contributed by atoms with van der Waals surface area (Å²) in [5.74, 6) is 0. The Labute approximate surface area is 77.9 Å². The van der Waals surface area contributed by atoms with Crippen molar-refractivity contribution in [3.05, 3.63) is 0 Å². The van der Waals surface area contributed by atoms with Crippen LogP contribution in [-0.2, 0) is 0 Å². The Morgan fingerprint density at radius 2 is 2.17 bits per heavy atom. The summed E-state index contributed by atoms with van der Waals surface area (Å²) in [6.45, 7) is 3.71. The molecule has 0 rings (SSSR count). The third-order valence-corrected chi connectivity index (χ3v) is 2.32. The van der Waals surface area contributed by atoms with E-state index < -0.39 is 5.54 Å². The maximum Gasteiger partial charge on any atom is 0.315 e. The molecule has 0 saturated heterocycles. The Morgan fingerprint density at radius 1 is 1.67 bits per heavy atom. The second kappa shape index (κ2) is 4.25. The Morgan fingerprint density at radius 3 is 2.42 bits per heavy atom. The third-order valence-electron chi connectivity index (χ3n) is 1.87. The Balaban J connectivity index is 4.34. The van der Waals surface area contributed by atoms with Crippen molar-refractivity contribution in [1.29, 1.82) is 0 Å². The van der Waals surface area contributed by atoms with E-state index >= 15 is 0 Å². The first-order chi connectivity index (χ1) is 5.46. The average molecular weight is 189 g/mol. The number of hydrogen-bond donors (Lipinski definition) is 3. The lowest BCUT2D eigenvalue weighted by molar-refractivity contribution is 0.236. The molecule has 0 aromatic carbocycles. The summed E-state index contributed by atoms with van der Waals surface area (Å²) in [5.41, 5.74) is 4.89. The van der Waals surface area contributed by atoms with Crippen LogP contribution in [0.25, 0.3) is 0 Å². The fourth-order valence-electron chi connectivity index (χ4n) is 0.637. The molecule has 0 bridgehead atoms. The summed E-state index contributed by atoms with van der Waals surface area (Å²) in [6, 6.07) is -0.271. The highest BCUT2D eigenvalue weighted by molar-refractivity contribution is 7.80. The number of thiocarbonyl (C=S) groups is 1. The first kappa shape index (κ1) is 11.2. The topological polar surface area (TPSA) is 67.2 Å². The van der Waals surface area contributed by atoms with Crippen molar-refractivity contribution in [3.63, 3.8) is 0 Å². The highest BCUT2D eigenvalue weighted by atomic mass is 32.1. The molecule has 0 fully saturated rings. The van der Waals surface area contributed by atoms with Crippen LogP contribution in [0.2, 0.25) is 0 Å². The molecule has 0 aliphatic rings. The normalized spacial score (nSPS) is 14.6. The van der Waals surface area contributed by atoms with Crippen LogP contribution >= 0.6 is 12.2 Å². The number of urea groups is 1. The van der Waals surface area contributed by atoms with Crippen LogP contribution in [-0.4, -0.2) is 23.6 Å². The van der Waals surface area contributed by atoms with Crippen molar-refractivity contribution in [2.45, 2.75) is 25.8 Å². The smallest absolute Gasteiger partial charge is 0.315 e. The molecule has 0 spiro atoms.